The Kier molecular flexibility index (Phi) is 13.8. The number of hydrogen-bond donors (Lipinski definition) is 2. The number of hydrogen-bond acceptors (Lipinski definition) is 13. The van der Waals surface area contributed by atoms with E-state index in [0.29, 0.717) is 50.2 Å². The van der Waals surface area contributed by atoms with E-state index in [1.54, 1.807) is 39.0 Å². The van der Waals surface area contributed by atoms with Gasteiger partial charge in [0.2, 0.25) is 5.91 Å². The van der Waals surface area contributed by atoms with Gasteiger partial charge >= 0.3 is 5.97 Å². The Morgan fingerprint density at radius 1 is 0.869 bits per heavy atom. The monoisotopic (exact) mass is 834 g/mol. The Hall–Kier alpha value is -6.10. The first-order valence-corrected chi connectivity index (χ1v) is 20.7. The lowest BCUT2D eigenvalue weighted by Gasteiger charge is -2.32. The van der Waals surface area contributed by atoms with Crippen molar-refractivity contribution in [2.45, 2.75) is 70.7 Å². The molecule has 2 aromatic heterocycles. The quantitative estimate of drug-likeness (QED) is 0.0776. The number of para-hydroxylation sites is 1. The van der Waals surface area contributed by atoms with E-state index in [-0.39, 0.29) is 31.3 Å². The molecule has 61 heavy (non-hydrogen) atoms. The molecule has 2 amide bonds. The zero-order valence-electron chi connectivity index (χ0n) is 35.0. The van der Waals surface area contributed by atoms with Gasteiger partial charge in [-0.05, 0) is 100 Å². The van der Waals surface area contributed by atoms with Crippen molar-refractivity contribution in [3.8, 4) is 28.5 Å². The minimum Gasteiger partial charge on any atom is -0.491 e. The summed E-state index contributed by atoms with van der Waals surface area (Å²) in [5.74, 6) is 1.05. The van der Waals surface area contributed by atoms with Gasteiger partial charge in [-0.1, -0.05) is 18.2 Å². The molecule has 7 rings (SSSR count). The minimum absolute atomic E-state index is 0.0334. The van der Waals surface area contributed by atoms with Gasteiger partial charge in [0.1, 0.15) is 53.3 Å². The summed E-state index contributed by atoms with van der Waals surface area (Å²) in [7, 11) is 0. The highest BCUT2D eigenvalue weighted by molar-refractivity contribution is 6.01. The van der Waals surface area contributed by atoms with Gasteiger partial charge in [-0.15, -0.1) is 0 Å². The molecule has 0 aliphatic carbocycles. The molecule has 16 heteroatoms. The Balaban J connectivity index is 0.796. The number of ether oxygens (including phenoxy) is 5. The lowest BCUT2D eigenvalue weighted by molar-refractivity contribution is -0.155. The molecule has 16 nitrogen and oxygen atoms in total. The Morgan fingerprint density at radius 3 is 2.28 bits per heavy atom. The van der Waals surface area contributed by atoms with Crippen LogP contribution in [0.5, 0.6) is 17.2 Å². The van der Waals surface area contributed by atoms with Gasteiger partial charge in [-0.25, -0.2) is 14.6 Å². The molecule has 2 aliphatic heterocycles. The van der Waals surface area contributed by atoms with Gasteiger partial charge in [0.15, 0.2) is 5.65 Å². The van der Waals surface area contributed by atoms with E-state index < -0.39 is 23.5 Å². The van der Waals surface area contributed by atoms with E-state index in [2.05, 4.69) is 14.9 Å². The molecule has 1 atom stereocenters. The molecule has 3 aromatic carbocycles. The van der Waals surface area contributed by atoms with Crippen LogP contribution in [0.2, 0.25) is 0 Å². The molecule has 0 saturated carbocycles. The van der Waals surface area contributed by atoms with Crippen LogP contribution in [0.4, 0.5) is 5.82 Å². The molecule has 0 bridgehead atoms. The Morgan fingerprint density at radius 2 is 1.56 bits per heavy atom. The number of carbonyl (C=O) groups excluding carboxylic acids is 3. The van der Waals surface area contributed by atoms with Crippen molar-refractivity contribution in [1.82, 2.24) is 29.5 Å². The number of nitrogens with zero attached hydrogens (tertiary/aromatic N) is 6. The van der Waals surface area contributed by atoms with Crippen molar-refractivity contribution < 1.29 is 38.1 Å². The molecular formula is C45H54N8O8. The maximum atomic E-state index is 13.1. The number of likely N-dealkylation sites (tertiary alicyclic amines) is 1. The summed E-state index contributed by atoms with van der Waals surface area (Å²) in [6.45, 7) is 10.3. The fourth-order valence-electron chi connectivity index (χ4n) is 7.64. The van der Waals surface area contributed by atoms with Crippen LogP contribution < -0.4 is 20.9 Å². The van der Waals surface area contributed by atoms with Gasteiger partial charge in [0, 0.05) is 43.7 Å². The third-order valence-corrected chi connectivity index (χ3v) is 10.6. The first-order valence-electron chi connectivity index (χ1n) is 20.7. The maximum absolute atomic E-state index is 13.1. The molecule has 2 aliphatic rings. The average Bonchev–Trinajstić information content (AvgIpc) is 3.78. The summed E-state index contributed by atoms with van der Waals surface area (Å²) < 4.78 is 30.8. The highest BCUT2D eigenvalue weighted by Crippen LogP contribution is 2.35. The number of benzene rings is 3. The Bertz CT molecular complexity index is 2290. The molecule has 1 unspecified atom stereocenters. The van der Waals surface area contributed by atoms with Crippen LogP contribution >= 0.6 is 0 Å². The summed E-state index contributed by atoms with van der Waals surface area (Å²) in [6, 6.07) is 21.9. The number of amides is 2. The van der Waals surface area contributed by atoms with Crippen LogP contribution in [0.1, 0.15) is 68.4 Å². The van der Waals surface area contributed by atoms with Crippen LogP contribution in [0.25, 0.3) is 22.3 Å². The lowest BCUT2D eigenvalue weighted by Crippen LogP contribution is -2.45. The molecule has 4 heterocycles. The number of primary amides is 1. The second-order valence-corrected chi connectivity index (χ2v) is 16.1. The van der Waals surface area contributed by atoms with Crippen molar-refractivity contribution in [1.29, 1.82) is 0 Å². The molecule has 1 saturated heterocycles. The van der Waals surface area contributed by atoms with E-state index in [1.165, 1.54) is 11.2 Å². The van der Waals surface area contributed by atoms with Crippen LogP contribution in [0, 0.1) is 0 Å². The minimum atomic E-state index is -0.933. The topological polar surface area (TPSA) is 199 Å². The third-order valence-electron chi connectivity index (χ3n) is 10.6. The molecular weight excluding hydrogens is 781 g/mol. The fraction of sp³-hybridized carbons (Fsp3) is 0.422. The predicted molar refractivity (Wildman–Crippen MR) is 228 cm³/mol. The average molecular weight is 835 g/mol. The second-order valence-electron chi connectivity index (χ2n) is 16.1. The van der Waals surface area contributed by atoms with Crippen LogP contribution in [-0.2, 0) is 30.3 Å². The van der Waals surface area contributed by atoms with Gasteiger partial charge in [0.05, 0.1) is 37.9 Å². The lowest BCUT2D eigenvalue weighted by atomic mass is 10.1. The zero-order chi connectivity index (χ0) is 42.9. The van der Waals surface area contributed by atoms with Crippen molar-refractivity contribution >= 4 is 34.6 Å². The van der Waals surface area contributed by atoms with E-state index in [9.17, 15) is 14.4 Å². The third kappa shape index (κ3) is 11.0. The molecule has 322 valence electrons. The van der Waals surface area contributed by atoms with Crippen molar-refractivity contribution in [3.63, 3.8) is 0 Å². The smallest absolute Gasteiger partial charge is 0.306 e. The predicted octanol–water partition coefficient (Wildman–Crippen LogP) is 5.55. The summed E-state index contributed by atoms with van der Waals surface area (Å²) in [5.41, 5.74) is 15.0. The normalized spacial score (nSPS) is 15.2. The highest BCUT2D eigenvalue weighted by atomic mass is 16.6. The number of nitrogen functional groups attached to an aromatic ring is 1. The zero-order valence-corrected chi connectivity index (χ0v) is 35.0. The fourth-order valence-corrected chi connectivity index (χ4v) is 7.64. The molecule has 1 fully saturated rings. The summed E-state index contributed by atoms with van der Waals surface area (Å²) in [6.07, 6.45) is 3.37. The van der Waals surface area contributed by atoms with E-state index in [4.69, 9.17) is 40.3 Å². The maximum Gasteiger partial charge on any atom is 0.306 e. The number of aromatic nitrogens is 4. The van der Waals surface area contributed by atoms with E-state index in [0.717, 1.165) is 71.8 Å². The molecule has 0 radical (unpaired) electrons. The first-order chi connectivity index (χ1) is 29.4. The largest absolute Gasteiger partial charge is 0.491 e. The van der Waals surface area contributed by atoms with E-state index in [1.807, 2.05) is 59.3 Å². The highest BCUT2D eigenvalue weighted by Gasteiger charge is 2.36. The van der Waals surface area contributed by atoms with Crippen LogP contribution in [-0.4, -0.2) is 112 Å². The molecule has 4 N–H and O–H groups in total. The Labute approximate surface area is 355 Å². The molecule has 5 aromatic rings. The summed E-state index contributed by atoms with van der Waals surface area (Å²) >= 11 is 0. The standard InChI is InChI=1S/C45H54N8O8/c1-45(2,3)61-38(54)16-15-37(42(47)55)52-28-31-27-35(13-14-36(31)44(52)56)59-26-25-58-24-23-57-22-21-51-19-17-32(18-20-51)53-43-39(41(46)48-29-49-43)40(50-53)30-9-11-34(12-10-30)60-33-7-5-4-6-8-33/h4-14,27,29,32,37H,15-26,28H2,1-3H3,(H2,47,55)(H2,46,48,49). The summed E-state index contributed by atoms with van der Waals surface area (Å²) in [5, 5.41) is 5.81. The second kappa shape index (κ2) is 19.5. The SMILES string of the molecule is CC(C)(C)OC(=O)CCC(C(N)=O)N1Cc2cc(OCCOCCOCCN3CCC(n4nc(-c5ccc(Oc6ccccc6)cc5)c5c(N)ncnc54)CC3)ccc2C1=O. The number of nitrogens with two attached hydrogens (primary N) is 2. The van der Waals surface area contributed by atoms with Gasteiger partial charge in [-0.2, -0.15) is 5.10 Å². The number of rotatable bonds is 19. The van der Waals surface area contributed by atoms with Crippen LogP contribution in [0.3, 0.4) is 0 Å². The number of esters is 1. The van der Waals surface area contributed by atoms with Crippen molar-refractivity contribution in [2.24, 2.45) is 5.73 Å². The molecule has 0 spiro atoms. The van der Waals surface area contributed by atoms with Crippen LogP contribution in [0.15, 0.2) is 79.1 Å². The number of fused-ring (bicyclic) bond motifs is 2. The van der Waals surface area contributed by atoms with Crippen molar-refractivity contribution in [2.75, 3.05) is 58.4 Å². The summed E-state index contributed by atoms with van der Waals surface area (Å²) in [4.78, 5) is 50.4. The van der Waals surface area contributed by atoms with Gasteiger partial charge in [0.25, 0.3) is 5.91 Å². The van der Waals surface area contributed by atoms with Crippen molar-refractivity contribution in [3.05, 3.63) is 90.3 Å². The first kappa shape index (κ1) is 43.0. The van der Waals surface area contributed by atoms with Gasteiger partial charge < -0.3 is 45.0 Å². The van der Waals surface area contributed by atoms with E-state index >= 15 is 0 Å². The number of piperidine rings is 1. The van der Waals surface area contributed by atoms with Gasteiger partial charge in [-0.3, -0.25) is 14.4 Å². The number of carbonyl (C=O) groups is 3. The number of anilines is 1.